The molecule has 0 fully saturated rings. The lowest BCUT2D eigenvalue weighted by Crippen LogP contribution is -2.04. The standard InChI is InChI=1S/C13H16N2/c1-10(9-11(2)15-12(3)14)13-7-5-4-6-8-13/h4-9H,1H2,2-3H3,(H2,14,15)/b11-9-. The van der Waals surface area contributed by atoms with Crippen LogP contribution >= 0.6 is 0 Å². The van der Waals surface area contributed by atoms with Gasteiger partial charge in [0.15, 0.2) is 0 Å². The van der Waals surface area contributed by atoms with Crippen LogP contribution in [0.1, 0.15) is 19.4 Å². The maximum absolute atomic E-state index is 5.49. The Hall–Kier alpha value is -1.83. The Labute approximate surface area is 90.8 Å². The fourth-order valence-corrected chi connectivity index (χ4v) is 1.30. The minimum absolute atomic E-state index is 0.560. The van der Waals surface area contributed by atoms with Gasteiger partial charge in [0.1, 0.15) is 0 Å². The number of benzene rings is 1. The molecule has 0 saturated heterocycles. The zero-order valence-electron chi connectivity index (χ0n) is 9.20. The van der Waals surface area contributed by atoms with Crippen LogP contribution in [0.5, 0.6) is 0 Å². The molecule has 0 bridgehead atoms. The molecule has 0 atom stereocenters. The van der Waals surface area contributed by atoms with E-state index in [0.29, 0.717) is 5.84 Å². The fourth-order valence-electron chi connectivity index (χ4n) is 1.30. The van der Waals surface area contributed by atoms with Gasteiger partial charge in [-0.3, -0.25) is 0 Å². The van der Waals surface area contributed by atoms with Crippen molar-refractivity contribution in [2.45, 2.75) is 13.8 Å². The van der Waals surface area contributed by atoms with E-state index < -0.39 is 0 Å². The van der Waals surface area contributed by atoms with Crippen molar-refractivity contribution in [2.75, 3.05) is 0 Å². The van der Waals surface area contributed by atoms with E-state index in [9.17, 15) is 0 Å². The molecule has 0 aliphatic carbocycles. The molecular formula is C13H16N2. The monoisotopic (exact) mass is 200 g/mol. The third-order valence-corrected chi connectivity index (χ3v) is 1.88. The molecule has 0 unspecified atom stereocenters. The summed E-state index contributed by atoms with van der Waals surface area (Å²) >= 11 is 0. The molecule has 2 heteroatoms. The number of aliphatic imine (C=N–C) groups is 1. The van der Waals surface area contributed by atoms with Crippen molar-refractivity contribution in [2.24, 2.45) is 10.7 Å². The first-order valence-corrected chi connectivity index (χ1v) is 4.83. The lowest BCUT2D eigenvalue weighted by Gasteiger charge is -2.00. The number of nitrogens with two attached hydrogens (primary N) is 1. The summed E-state index contributed by atoms with van der Waals surface area (Å²) in [5, 5.41) is 0. The molecule has 78 valence electrons. The normalized spacial score (nSPS) is 12.7. The summed E-state index contributed by atoms with van der Waals surface area (Å²) in [4.78, 5) is 4.14. The largest absolute Gasteiger partial charge is 0.387 e. The van der Waals surface area contributed by atoms with Gasteiger partial charge in [-0.15, -0.1) is 0 Å². The summed E-state index contributed by atoms with van der Waals surface area (Å²) in [6, 6.07) is 9.99. The first-order chi connectivity index (χ1) is 7.09. The lowest BCUT2D eigenvalue weighted by molar-refractivity contribution is 1.28. The van der Waals surface area contributed by atoms with Gasteiger partial charge in [0.05, 0.1) is 5.84 Å². The molecule has 0 spiro atoms. The molecule has 0 aliphatic rings. The number of hydrogen-bond acceptors (Lipinski definition) is 1. The highest BCUT2D eigenvalue weighted by Crippen LogP contribution is 2.15. The fraction of sp³-hybridized carbons (Fsp3) is 0.154. The van der Waals surface area contributed by atoms with Gasteiger partial charge >= 0.3 is 0 Å². The Morgan fingerprint density at radius 2 is 1.87 bits per heavy atom. The van der Waals surface area contributed by atoms with Crippen molar-refractivity contribution in [3.05, 3.63) is 54.2 Å². The molecule has 0 radical (unpaired) electrons. The molecule has 0 heterocycles. The van der Waals surface area contributed by atoms with Crippen LogP contribution in [0, 0.1) is 0 Å². The summed E-state index contributed by atoms with van der Waals surface area (Å²) in [6.45, 7) is 7.66. The lowest BCUT2D eigenvalue weighted by atomic mass is 10.1. The Bertz CT molecular complexity index is 396. The van der Waals surface area contributed by atoms with Gasteiger partial charge in [-0.1, -0.05) is 36.9 Å². The highest BCUT2D eigenvalue weighted by atomic mass is 14.8. The average Bonchev–Trinajstić information content (AvgIpc) is 2.17. The topological polar surface area (TPSA) is 38.4 Å². The van der Waals surface area contributed by atoms with Crippen molar-refractivity contribution >= 4 is 11.4 Å². The third kappa shape index (κ3) is 3.81. The average molecular weight is 200 g/mol. The van der Waals surface area contributed by atoms with Crippen LogP contribution in [-0.4, -0.2) is 5.84 Å². The van der Waals surface area contributed by atoms with Crippen LogP contribution < -0.4 is 5.73 Å². The minimum atomic E-state index is 0.560. The van der Waals surface area contributed by atoms with E-state index in [2.05, 4.69) is 11.6 Å². The van der Waals surface area contributed by atoms with Gasteiger partial charge < -0.3 is 5.73 Å². The van der Waals surface area contributed by atoms with Crippen molar-refractivity contribution in [3.8, 4) is 0 Å². The quantitative estimate of drug-likeness (QED) is 0.454. The van der Waals surface area contributed by atoms with Gasteiger partial charge in [0.2, 0.25) is 0 Å². The molecule has 0 amide bonds. The zero-order chi connectivity index (χ0) is 11.3. The minimum Gasteiger partial charge on any atom is -0.387 e. The highest BCUT2D eigenvalue weighted by Gasteiger charge is 1.94. The van der Waals surface area contributed by atoms with Gasteiger partial charge in [0.25, 0.3) is 0 Å². The first kappa shape index (κ1) is 11.2. The Morgan fingerprint density at radius 3 is 2.40 bits per heavy atom. The second-order valence-electron chi connectivity index (χ2n) is 3.43. The predicted molar refractivity (Wildman–Crippen MR) is 66.5 cm³/mol. The van der Waals surface area contributed by atoms with Gasteiger partial charge in [-0.05, 0) is 31.1 Å². The highest BCUT2D eigenvalue weighted by molar-refractivity contribution is 5.79. The van der Waals surface area contributed by atoms with Crippen LogP contribution in [0.4, 0.5) is 0 Å². The summed E-state index contributed by atoms with van der Waals surface area (Å²) in [6.07, 6.45) is 1.92. The number of amidine groups is 1. The van der Waals surface area contributed by atoms with Crippen LogP contribution in [-0.2, 0) is 0 Å². The molecule has 0 aliphatic heterocycles. The van der Waals surface area contributed by atoms with E-state index >= 15 is 0 Å². The third-order valence-electron chi connectivity index (χ3n) is 1.88. The molecule has 0 aromatic heterocycles. The second-order valence-corrected chi connectivity index (χ2v) is 3.43. The van der Waals surface area contributed by atoms with Crippen LogP contribution in [0.3, 0.4) is 0 Å². The van der Waals surface area contributed by atoms with Crippen LogP contribution in [0.25, 0.3) is 5.57 Å². The Morgan fingerprint density at radius 1 is 1.27 bits per heavy atom. The van der Waals surface area contributed by atoms with E-state index in [1.807, 2.05) is 43.3 Å². The molecular weight excluding hydrogens is 184 g/mol. The molecule has 2 nitrogen and oxygen atoms in total. The predicted octanol–water partition coefficient (Wildman–Crippen LogP) is 2.98. The van der Waals surface area contributed by atoms with E-state index in [1.54, 1.807) is 6.92 Å². The van der Waals surface area contributed by atoms with E-state index in [4.69, 9.17) is 5.73 Å². The van der Waals surface area contributed by atoms with Gasteiger partial charge in [-0.2, -0.15) is 0 Å². The summed E-state index contributed by atoms with van der Waals surface area (Å²) in [5.41, 5.74) is 8.39. The number of hydrogen-bond donors (Lipinski definition) is 1. The number of nitrogens with zero attached hydrogens (tertiary/aromatic N) is 1. The zero-order valence-corrected chi connectivity index (χ0v) is 9.20. The summed E-state index contributed by atoms with van der Waals surface area (Å²) in [5.74, 6) is 0.560. The van der Waals surface area contributed by atoms with Gasteiger partial charge in [-0.25, -0.2) is 4.99 Å². The smallest absolute Gasteiger partial charge is 0.0960 e. The molecule has 15 heavy (non-hydrogen) atoms. The van der Waals surface area contributed by atoms with Gasteiger partial charge in [0, 0.05) is 5.70 Å². The Kier molecular flexibility index (Phi) is 3.86. The molecule has 0 saturated carbocycles. The second kappa shape index (κ2) is 5.15. The summed E-state index contributed by atoms with van der Waals surface area (Å²) in [7, 11) is 0. The van der Waals surface area contributed by atoms with E-state index in [0.717, 1.165) is 16.8 Å². The van der Waals surface area contributed by atoms with Crippen molar-refractivity contribution in [3.63, 3.8) is 0 Å². The SMILES string of the molecule is C=C(/C=C(/C)N=C(C)N)c1ccccc1. The maximum atomic E-state index is 5.49. The van der Waals surface area contributed by atoms with E-state index in [-0.39, 0.29) is 0 Å². The van der Waals surface area contributed by atoms with Crippen molar-refractivity contribution in [1.29, 1.82) is 0 Å². The van der Waals surface area contributed by atoms with Crippen LogP contribution in [0.15, 0.2) is 53.7 Å². The Balaban J connectivity index is 2.84. The molecule has 1 aromatic carbocycles. The van der Waals surface area contributed by atoms with E-state index in [1.165, 1.54) is 0 Å². The van der Waals surface area contributed by atoms with Crippen molar-refractivity contribution < 1.29 is 0 Å². The molecule has 1 aromatic rings. The number of allylic oxidation sites excluding steroid dienone is 3. The summed E-state index contributed by atoms with van der Waals surface area (Å²) < 4.78 is 0. The van der Waals surface area contributed by atoms with Crippen LogP contribution in [0.2, 0.25) is 0 Å². The molecule has 2 N–H and O–H groups in total. The van der Waals surface area contributed by atoms with Crippen molar-refractivity contribution in [1.82, 2.24) is 0 Å². The molecule has 1 rings (SSSR count). The maximum Gasteiger partial charge on any atom is 0.0960 e. The first-order valence-electron chi connectivity index (χ1n) is 4.83. The number of rotatable bonds is 3.